The standard InChI is InChI=1S/C21H31N3O4S/c1-15-10-11-18(16(2)12-15)24-19(25)13-23(29(4,27)28)14-21(24,3)20(26)22-17-8-6-5-7-9-17/h10-12,17H,5-9,13-14H2,1-4H3,(H,22,26)/t21-/m0/s1. The number of sulfonamides is 1. The Kier molecular flexibility index (Phi) is 6.06. The van der Waals surface area contributed by atoms with Crippen LogP contribution in [0.3, 0.4) is 0 Å². The third-order valence-corrected chi connectivity index (χ3v) is 7.23. The molecule has 0 bridgehead atoms. The van der Waals surface area contributed by atoms with Gasteiger partial charge in [-0.05, 0) is 45.2 Å². The molecule has 29 heavy (non-hydrogen) atoms. The molecule has 1 saturated heterocycles. The van der Waals surface area contributed by atoms with Gasteiger partial charge in [0.25, 0.3) is 0 Å². The van der Waals surface area contributed by atoms with E-state index in [1.54, 1.807) is 6.92 Å². The Bertz CT molecular complexity index is 909. The first-order valence-corrected chi connectivity index (χ1v) is 12.0. The minimum absolute atomic E-state index is 0.0660. The number of hydrogen-bond donors (Lipinski definition) is 1. The number of amides is 2. The molecule has 1 aliphatic carbocycles. The van der Waals surface area contributed by atoms with Crippen LogP contribution in [0.2, 0.25) is 0 Å². The lowest BCUT2D eigenvalue weighted by molar-refractivity contribution is -0.133. The molecule has 1 atom stereocenters. The van der Waals surface area contributed by atoms with Crippen LogP contribution in [0.5, 0.6) is 0 Å². The molecular formula is C21H31N3O4S. The quantitative estimate of drug-likeness (QED) is 0.807. The lowest BCUT2D eigenvalue weighted by atomic mass is 9.90. The Balaban J connectivity index is 2.01. The first-order chi connectivity index (χ1) is 13.5. The Labute approximate surface area is 173 Å². The molecule has 1 aliphatic heterocycles. The number of aryl methyl sites for hydroxylation is 2. The van der Waals surface area contributed by atoms with Crippen LogP contribution < -0.4 is 10.2 Å². The van der Waals surface area contributed by atoms with E-state index < -0.39 is 21.5 Å². The summed E-state index contributed by atoms with van der Waals surface area (Å²) in [7, 11) is -3.61. The summed E-state index contributed by atoms with van der Waals surface area (Å²) in [4.78, 5) is 28.1. The second-order valence-electron chi connectivity index (χ2n) is 8.63. The van der Waals surface area contributed by atoms with E-state index in [1.807, 2.05) is 32.0 Å². The van der Waals surface area contributed by atoms with E-state index in [0.717, 1.165) is 47.4 Å². The number of carbonyl (C=O) groups excluding carboxylic acids is 2. The maximum atomic E-state index is 13.4. The molecule has 0 spiro atoms. The van der Waals surface area contributed by atoms with E-state index in [1.165, 1.54) is 11.3 Å². The van der Waals surface area contributed by atoms with Crippen LogP contribution in [0.4, 0.5) is 5.69 Å². The van der Waals surface area contributed by atoms with Gasteiger partial charge in [0.1, 0.15) is 5.54 Å². The lowest BCUT2D eigenvalue weighted by Gasteiger charge is -2.47. The number of nitrogens with one attached hydrogen (secondary N) is 1. The first kappa shape index (κ1) is 21.8. The molecule has 2 amide bonds. The highest BCUT2D eigenvalue weighted by molar-refractivity contribution is 7.88. The van der Waals surface area contributed by atoms with Crippen molar-refractivity contribution in [2.24, 2.45) is 0 Å². The molecule has 160 valence electrons. The number of carbonyl (C=O) groups is 2. The third kappa shape index (κ3) is 4.48. The van der Waals surface area contributed by atoms with Gasteiger partial charge < -0.3 is 5.32 Å². The van der Waals surface area contributed by atoms with Crippen molar-refractivity contribution in [3.05, 3.63) is 29.3 Å². The second-order valence-corrected chi connectivity index (χ2v) is 10.6. The predicted molar refractivity (Wildman–Crippen MR) is 113 cm³/mol. The average molecular weight is 422 g/mol. The molecular weight excluding hydrogens is 390 g/mol. The molecule has 1 N–H and O–H groups in total. The van der Waals surface area contributed by atoms with Crippen molar-refractivity contribution in [2.75, 3.05) is 24.2 Å². The van der Waals surface area contributed by atoms with Gasteiger partial charge in [-0.25, -0.2) is 8.42 Å². The van der Waals surface area contributed by atoms with Gasteiger partial charge in [0.05, 0.1) is 12.8 Å². The molecule has 1 saturated carbocycles. The van der Waals surface area contributed by atoms with E-state index in [2.05, 4.69) is 5.32 Å². The van der Waals surface area contributed by atoms with Crippen molar-refractivity contribution in [2.45, 2.75) is 64.5 Å². The van der Waals surface area contributed by atoms with Crippen LogP contribution in [0.25, 0.3) is 0 Å². The molecule has 2 fully saturated rings. The SMILES string of the molecule is Cc1ccc(N2C(=O)CN(S(C)(=O)=O)C[C@@]2(C)C(=O)NC2CCCCC2)c(C)c1. The van der Waals surface area contributed by atoms with E-state index in [4.69, 9.17) is 0 Å². The highest BCUT2D eigenvalue weighted by Gasteiger charge is 2.50. The van der Waals surface area contributed by atoms with Crippen LogP contribution in [0.1, 0.15) is 50.2 Å². The summed E-state index contributed by atoms with van der Waals surface area (Å²) in [5, 5.41) is 3.10. The molecule has 2 aliphatic rings. The van der Waals surface area contributed by atoms with Gasteiger partial charge in [0.2, 0.25) is 21.8 Å². The summed E-state index contributed by atoms with van der Waals surface area (Å²) in [6.07, 6.45) is 6.20. The van der Waals surface area contributed by atoms with Gasteiger partial charge in [0, 0.05) is 18.3 Å². The zero-order valence-corrected chi connectivity index (χ0v) is 18.5. The van der Waals surface area contributed by atoms with Gasteiger partial charge in [-0.15, -0.1) is 0 Å². The lowest BCUT2D eigenvalue weighted by Crippen LogP contribution is -2.70. The van der Waals surface area contributed by atoms with Crippen LogP contribution in [0, 0.1) is 13.8 Å². The van der Waals surface area contributed by atoms with Crippen LogP contribution in [-0.2, 0) is 19.6 Å². The number of piperazine rings is 1. The summed E-state index contributed by atoms with van der Waals surface area (Å²) < 4.78 is 25.5. The van der Waals surface area contributed by atoms with Gasteiger partial charge >= 0.3 is 0 Å². The van der Waals surface area contributed by atoms with Gasteiger partial charge in [-0.1, -0.05) is 37.0 Å². The zero-order valence-electron chi connectivity index (χ0n) is 17.7. The van der Waals surface area contributed by atoms with Crippen LogP contribution >= 0.6 is 0 Å². The fourth-order valence-corrected chi connectivity index (χ4v) is 5.25. The summed E-state index contributed by atoms with van der Waals surface area (Å²) in [6, 6.07) is 5.77. The Morgan fingerprint density at radius 2 is 1.83 bits per heavy atom. The molecule has 0 unspecified atom stereocenters. The Hall–Kier alpha value is -1.93. The summed E-state index contributed by atoms with van der Waals surface area (Å²) in [6.45, 7) is 5.20. The minimum atomic E-state index is -3.61. The number of hydrogen-bond acceptors (Lipinski definition) is 4. The van der Waals surface area contributed by atoms with Crippen molar-refractivity contribution in [1.29, 1.82) is 0 Å². The number of benzene rings is 1. The van der Waals surface area contributed by atoms with E-state index in [-0.39, 0.29) is 25.0 Å². The van der Waals surface area contributed by atoms with Crippen molar-refractivity contribution < 1.29 is 18.0 Å². The topological polar surface area (TPSA) is 86.8 Å². The highest BCUT2D eigenvalue weighted by Crippen LogP contribution is 2.33. The number of anilines is 1. The largest absolute Gasteiger partial charge is 0.351 e. The second kappa shape index (κ2) is 8.07. The van der Waals surface area contributed by atoms with Gasteiger partial charge in [0.15, 0.2) is 0 Å². The maximum absolute atomic E-state index is 13.4. The monoisotopic (exact) mass is 421 g/mol. The average Bonchev–Trinajstić information content (AvgIpc) is 2.63. The van der Waals surface area contributed by atoms with E-state index in [9.17, 15) is 18.0 Å². The van der Waals surface area contributed by atoms with Crippen LogP contribution in [0.15, 0.2) is 18.2 Å². The van der Waals surface area contributed by atoms with Gasteiger partial charge in [-0.2, -0.15) is 4.31 Å². The fourth-order valence-electron chi connectivity index (χ4n) is 4.42. The summed E-state index contributed by atoms with van der Waals surface area (Å²) in [5.41, 5.74) is 1.26. The Morgan fingerprint density at radius 3 is 2.41 bits per heavy atom. The molecule has 1 heterocycles. The van der Waals surface area contributed by atoms with Crippen molar-refractivity contribution in [3.63, 3.8) is 0 Å². The summed E-state index contributed by atoms with van der Waals surface area (Å²) >= 11 is 0. The molecule has 1 aromatic rings. The molecule has 8 heteroatoms. The Morgan fingerprint density at radius 1 is 1.17 bits per heavy atom. The molecule has 0 radical (unpaired) electrons. The van der Waals surface area contributed by atoms with Crippen molar-refractivity contribution >= 4 is 27.5 Å². The van der Waals surface area contributed by atoms with Crippen LogP contribution in [-0.4, -0.2) is 55.5 Å². The molecule has 0 aromatic heterocycles. The molecule has 7 nitrogen and oxygen atoms in total. The minimum Gasteiger partial charge on any atom is -0.351 e. The number of rotatable bonds is 4. The highest BCUT2D eigenvalue weighted by atomic mass is 32.2. The third-order valence-electron chi connectivity index (χ3n) is 6.03. The predicted octanol–water partition coefficient (Wildman–Crippen LogP) is 2.12. The zero-order chi connectivity index (χ0) is 21.4. The normalized spacial score (nSPS) is 24.6. The fraction of sp³-hybridized carbons (Fsp3) is 0.619. The van der Waals surface area contributed by atoms with Gasteiger partial charge in [-0.3, -0.25) is 14.5 Å². The molecule has 1 aromatic carbocycles. The molecule has 3 rings (SSSR count). The maximum Gasteiger partial charge on any atom is 0.247 e. The summed E-state index contributed by atoms with van der Waals surface area (Å²) in [5.74, 6) is -0.694. The van der Waals surface area contributed by atoms with E-state index in [0.29, 0.717) is 5.69 Å². The first-order valence-electron chi connectivity index (χ1n) is 10.2. The van der Waals surface area contributed by atoms with Crippen molar-refractivity contribution in [3.8, 4) is 0 Å². The van der Waals surface area contributed by atoms with E-state index >= 15 is 0 Å². The smallest absolute Gasteiger partial charge is 0.247 e. The van der Waals surface area contributed by atoms with Crippen molar-refractivity contribution in [1.82, 2.24) is 9.62 Å². The number of nitrogens with zero attached hydrogens (tertiary/aromatic N) is 2.